The van der Waals surface area contributed by atoms with E-state index in [0.29, 0.717) is 36.3 Å². The first-order chi connectivity index (χ1) is 24.7. The van der Waals surface area contributed by atoms with Crippen LogP contribution in [0.5, 0.6) is 0 Å². The molecule has 1 N–H and O–H groups in total. The van der Waals surface area contributed by atoms with E-state index in [1.807, 2.05) is 31.2 Å². The summed E-state index contributed by atoms with van der Waals surface area (Å²) < 4.78 is 38.8. The van der Waals surface area contributed by atoms with Crippen molar-refractivity contribution in [2.45, 2.75) is 127 Å². The summed E-state index contributed by atoms with van der Waals surface area (Å²) in [6, 6.07) is 17.9. The minimum atomic E-state index is -1.71. The minimum Gasteiger partial charge on any atom is -0.463 e. The second-order valence-electron chi connectivity index (χ2n) is 17.5. The van der Waals surface area contributed by atoms with E-state index in [-0.39, 0.29) is 35.2 Å². The maximum Gasteiger partial charge on any atom is 0.340 e. The molecular formula is C42H50O10. The first-order valence-electron chi connectivity index (χ1n) is 19.2. The predicted octanol–water partition coefficient (Wildman–Crippen LogP) is 6.59. The van der Waals surface area contributed by atoms with Crippen LogP contribution in [-0.2, 0) is 33.2 Å². The van der Waals surface area contributed by atoms with Crippen molar-refractivity contribution < 1.29 is 47.9 Å². The highest BCUT2D eigenvalue weighted by Crippen LogP contribution is 2.82. The molecule has 0 bridgehead atoms. The summed E-state index contributed by atoms with van der Waals surface area (Å²) in [5.41, 5.74) is -0.773. The van der Waals surface area contributed by atoms with Gasteiger partial charge in [0.05, 0.1) is 11.1 Å². The lowest BCUT2D eigenvalue weighted by atomic mass is 9.43. The lowest BCUT2D eigenvalue weighted by Crippen LogP contribution is -2.65. The number of esters is 3. The molecular weight excluding hydrogens is 664 g/mol. The number of fused-ring (bicyclic) bond motifs is 6. The Kier molecular flexibility index (Phi) is 7.52. The van der Waals surface area contributed by atoms with Crippen LogP contribution in [0.3, 0.4) is 0 Å². The van der Waals surface area contributed by atoms with E-state index in [9.17, 15) is 19.5 Å². The molecule has 7 aliphatic rings. The van der Waals surface area contributed by atoms with Crippen molar-refractivity contribution >= 4 is 17.9 Å². The minimum absolute atomic E-state index is 0.0863. The molecule has 4 saturated carbocycles. The normalized spacial score (nSPS) is 48.0. The molecule has 52 heavy (non-hydrogen) atoms. The van der Waals surface area contributed by atoms with Gasteiger partial charge >= 0.3 is 17.9 Å². The molecule has 3 aliphatic heterocycles. The number of carbonyl (C=O) groups is 3. The Morgan fingerprint density at radius 2 is 1.46 bits per heavy atom. The highest BCUT2D eigenvalue weighted by molar-refractivity contribution is 5.90. The standard InChI is InChI=1S/C42H50O10/c1-24-33-39(5)32(48-34(44)26-12-8-6-9-13-26)23-31-30(17-16-28-22-29(47-25(2)43)18-19-37(28,31)3)41(39)36(50-41)42(33,46)52-40(24)21-20-38(4,51-40)49-35(45)27-14-10-7-11-15-27/h6-15,24,28-33,36,46H,16-23H2,1-5H3/t24-,28?,29-,30?,31?,32+,33?,36?,37-,38-,39+,40+,41?,42+/m0/s1. The van der Waals surface area contributed by atoms with Crippen molar-refractivity contribution in [1.82, 2.24) is 0 Å². The zero-order valence-corrected chi connectivity index (χ0v) is 30.7. The number of hydrogen-bond acceptors (Lipinski definition) is 10. The number of aliphatic hydroxyl groups is 1. The molecule has 2 spiro atoms. The van der Waals surface area contributed by atoms with Gasteiger partial charge in [-0.1, -0.05) is 57.2 Å². The topological polar surface area (TPSA) is 130 Å². The van der Waals surface area contributed by atoms with E-state index in [4.69, 9.17) is 28.4 Å². The third-order valence-electron chi connectivity index (χ3n) is 15.0. The molecule has 9 rings (SSSR count). The van der Waals surface area contributed by atoms with Gasteiger partial charge < -0.3 is 33.5 Å². The summed E-state index contributed by atoms with van der Waals surface area (Å²) >= 11 is 0. The summed E-state index contributed by atoms with van der Waals surface area (Å²) in [6.07, 6.45) is 4.49. The fourth-order valence-electron chi connectivity index (χ4n) is 12.8. The van der Waals surface area contributed by atoms with Gasteiger partial charge in [-0.05, 0) is 86.0 Å². The van der Waals surface area contributed by atoms with Gasteiger partial charge in [0, 0.05) is 43.9 Å². The van der Waals surface area contributed by atoms with E-state index in [1.54, 1.807) is 43.3 Å². The van der Waals surface area contributed by atoms with Crippen molar-refractivity contribution in [2.75, 3.05) is 0 Å². The maximum atomic E-state index is 14.0. The van der Waals surface area contributed by atoms with Crippen molar-refractivity contribution in [2.24, 2.45) is 40.4 Å². The summed E-state index contributed by atoms with van der Waals surface area (Å²) in [7, 11) is 0. The monoisotopic (exact) mass is 714 g/mol. The average molecular weight is 715 g/mol. The lowest BCUT2D eigenvalue weighted by molar-refractivity contribution is -0.348. The molecule has 6 unspecified atom stereocenters. The van der Waals surface area contributed by atoms with Crippen LogP contribution in [0.25, 0.3) is 0 Å². The molecule has 10 nitrogen and oxygen atoms in total. The Hall–Kier alpha value is -3.31. The van der Waals surface area contributed by atoms with Crippen LogP contribution >= 0.6 is 0 Å². The first kappa shape index (κ1) is 34.5. The molecule has 0 aromatic heterocycles. The number of benzene rings is 2. The van der Waals surface area contributed by atoms with Crippen LogP contribution in [0.2, 0.25) is 0 Å². The van der Waals surface area contributed by atoms with Crippen molar-refractivity contribution in [3.05, 3.63) is 71.8 Å². The molecule has 14 atom stereocenters. The number of carbonyl (C=O) groups excluding carboxylic acids is 3. The largest absolute Gasteiger partial charge is 0.463 e. The van der Waals surface area contributed by atoms with Crippen LogP contribution in [0.1, 0.15) is 107 Å². The zero-order valence-electron chi connectivity index (χ0n) is 30.7. The Bertz CT molecular complexity index is 1780. The summed E-state index contributed by atoms with van der Waals surface area (Å²) in [5.74, 6) is -5.57. The van der Waals surface area contributed by atoms with Gasteiger partial charge in [-0.15, -0.1) is 0 Å². The Labute approximate surface area is 304 Å². The van der Waals surface area contributed by atoms with Gasteiger partial charge in [-0.3, -0.25) is 4.79 Å². The molecule has 3 heterocycles. The van der Waals surface area contributed by atoms with Gasteiger partial charge in [0.1, 0.15) is 23.9 Å². The maximum absolute atomic E-state index is 14.0. The number of rotatable bonds is 5. The molecule has 2 aromatic carbocycles. The predicted molar refractivity (Wildman–Crippen MR) is 185 cm³/mol. The van der Waals surface area contributed by atoms with E-state index in [2.05, 4.69) is 13.8 Å². The molecule has 0 amide bonds. The summed E-state index contributed by atoms with van der Waals surface area (Å²) in [4.78, 5) is 39.0. The highest BCUT2D eigenvalue weighted by atomic mass is 16.8. The van der Waals surface area contributed by atoms with Crippen LogP contribution in [0.4, 0.5) is 0 Å². The van der Waals surface area contributed by atoms with Gasteiger partial charge in [-0.25, -0.2) is 9.59 Å². The summed E-state index contributed by atoms with van der Waals surface area (Å²) in [5, 5.41) is 12.9. The summed E-state index contributed by atoms with van der Waals surface area (Å²) in [6.45, 7) is 9.79. The van der Waals surface area contributed by atoms with Gasteiger partial charge in [0.15, 0.2) is 5.79 Å². The van der Waals surface area contributed by atoms with Crippen LogP contribution in [0.15, 0.2) is 60.7 Å². The van der Waals surface area contributed by atoms with Gasteiger partial charge in [0.2, 0.25) is 11.6 Å². The SMILES string of the molecule is CC(=O)O[C@H]1CC[C@@]2(C)C(CCC3C2C[C@@H](OC(=O)c2ccccc2)[C@]2(C)C4[C@H](C)[C@@]5(CC[C@@](C)(OC(=O)c6ccccc6)O5)O[C@@]4(O)C4OC342)C1. The van der Waals surface area contributed by atoms with Crippen molar-refractivity contribution in [1.29, 1.82) is 0 Å². The van der Waals surface area contributed by atoms with Crippen LogP contribution in [-0.4, -0.2) is 64.3 Å². The second-order valence-corrected chi connectivity index (χ2v) is 17.5. The molecule has 7 fully saturated rings. The molecule has 2 aromatic rings. The smallest absolute Gasteiger partial charge is 0.340 e. The quantitative estimate of drug-likeness (QED) is 0.206. The molecule has 0 radical (unpaired) electrons. The fraction of sp³-hybridized carbons (Fsp3) is 0.643. The first-order valence-corrected chi connectivity index (χ1v) is 19.2. The third kappa shape index (κ3) is 4.59. The Morgan fingerprint density at radius 1 is 0.788 bits per heavy atom. The van der Waals surface area contributed by atoms with Crippen LogP contribution in [0, 0.1) is 40.4 Å². The number of hydrogen-bond donors (Lipinski definition) is 1. The van der Waals surface area contributed by atoms with Gasteiger partial charge in [0.25, 0.3) is 0 Å². The van der Waals surface area contributed by atoms with Gasteiger partial charge in [-0.2, -0.15) is 0 Å². The molecule has 3 saturated heterocycles. The Balaban J connectivity index is 1.06. The zero-order chi connectivity index (χ0) is 36.5. The van der Waals surface area contributed by atoms with Crippen molar-refractivity contribution in [3.63, 3.8) is 0 Å². The Morgan fingerprint density at radius 3 is 2.13 bits per heavy atom. The van der Waals surface area contributed by atoms with Crippen LogP contribution < -0.4 is 0 Å². The highest BCUT2D eigenvalue weighted by Gasteiger charge is 2.95. The van der Waals surface area contributed by atoms with E-state index in [0.717, 1.165) is 32.1 Å². The third-order valence-corrected chi connectivity index (χ3v) is 15.0. The second kappa shape index (κ2) is 11.4. The number of epoxide rings is 1. The molecule has 10 heteroatoms. The molecule has 278 valence electrons. The molecule has 4 aliphatic carbocycles. The van der Waals surface area contributed by atoms with E-state index in [1.165, 1.54) is 6.92 Å². The van der Waals surface area contributed by atoms with Crippen molar-refractivity contribution in [3.8, 4) is 0 Å². The average Bonchev–Trinajstić information content (AvgIpc) is 3.68. The lowest BCUT2D eigenvalue weighted by Gasteiger charge is -2.62. The fourth-order valence-corrected chi connectivity index (χ4v) is 12.8. The number of ether oxygens (including phenoxy) is 6. The van der Waals surface area contributed by atoms with E-state index >= 15 is 0 Å². The van der Waals surface area contributed by atoms with E-state index < -0.39 is 58.4 Å².